The molecule has 1 aliphatic rings. The van der Waals surface area contributed by atoms with Crippen LogP contribution in [0.5, 0.6) is 0 Å². The van der Waals surface area contributed by atoms with Gasteiger partial charge in [-0.3, -0.25) is 0 Å². The fourth-order valence-electron chi connectivity index (χ4n) is 3.59. The highest BCUT2D eigenvalue weighted by atomic mass is 32.2. The van der Waals surface area contributed by atoms with Crippen LogP contribution >= 0.6 is 0 Å². The number of fused-ring (bicyclic) bond motifs is 1. The molecule has 154 valence electrons. The summed E-state index contributed by atoms with van der Waals surface area (Å²) in [6, 6.07) is 17.5. The number of hydrogen-bond donors (Lipinski definition) is 3. The second-order valence-electron chi connectivity index (χ2n) is 7.26. The molecule has 0 bridgehead atoms. The third-order valence-electron chi connectivity index (χ3n) is 5.30. The molecule has 0 atom stereocenters. The molecule has 0 saturated heterocycles. The molecule has 3 aromatic carbocycles. The van der Waals surface area contributed by atoms with Crippen LogP contribution in [0.15, 0.2) is 70.5 Å². The fourth-order valence-corrected chi connectivity index (χ4v) is 4.93. The standard InChI is InChI=1S/C23H23N3O3S/c1-15-3-8-20(30(28,29)19-9-10-22-17(13-19)11-12-25-22)14-21(15)16-4-6-18(7-5-16)26-23(27)24-2/h3-10,13-14,25H,11-12H2,1-2H3,(H2,24,26,27). The number of nitrogens with one attached hydrogen (secondary N) is 3. The summed E-state index contributed by atoms with van der Waals surface area (Å²) in [5, 5.41) is 8.47. The zero-order valence-electron chi connectivity index (χ0n) is 16.8. The van der Waals surface area contributed by atoms with Crippen LogP contribution in [0.25, 0.3) is 11.1 Å². The summed E-state index contributed by atoms with van der Waals surface area (Å²) >= 11 is 0. The number of anilines is 2. The van der Waals surface area contributed by atoms with Gasteiger partial charge in [-0.05, 0) is 78.1 Å². The van der Waals surface area contributed by atoms with Gasteiger partial charge in [0.25, 0.3) is 0 Å². The Morgan fingerprint density at radius 2 is 1.67 bits per heavy atom. The lowest BCUT2D eigenvalue weighted by atomic mass is 10.0. The molecule has 0 aromatic heterocycles. The van der Waals surface area contributed by atoms with Crippen LogP contribution in [0.3, 0.4) is 0 Å². The molecule has 0 saturated carbocycles. The van der Waals surface area contributed by atoms with E-state index in [2.05, 4.69) is 16.0 Å². The lowest BCUT2D eigenvalue weighted by Crippen LogP contribution is -2.24. The zero-order valence-corrected chi connectivity index (χ0v) is 17.6. The second-order valence-corrected chi connectivity index (χ2v) is 9.21. The molecule has 0 spiro atoms. The number of aryl methyl sites for hydroxylation is 1. The van der Waals surface area contributed by atoms with Crippen molar-refractivity contribution in [3.05, 3.63) is 71.8 Å². The molecule has 1 aliphatic heterocycles. The Labute approximate surface area is 176 Å². The predicted molar refractivity (Wildman–Crippen MR) is 119 cm³/mol. The van der Waals surface area contributed by atoms with E-state index in [9.17, 15) is 13.2 Å². The van der Waals surface area contributed by atoms with E-state index in [0.29, 0.717) is 10.6 Å². The van der Waals surface area contributed by atoms with Gasteiger partial charge in [0.1, 0.15) is 0 Å². The number of benzene rings is 3. The van der Waals surface area contributed by atoms with Crippen molar-refractivity contribution >= 4 is 27.2 Å². The van der Waals surface area contributed by atoms with Crippen molar-refractivity contribution in [3.63, 3.8) is 0 Å². The zero-order chi connectivity index (χ0) is 21.3. The maximum Gasteiger partial charge on any atom is 0.318 e. The number of rotatable bonds is 4. The van der Waals surface area contributed by atoms with E-state index >= 15 is 0 Å². The molecule has 1 heterocycles. The summed E-state index contributed by atoms with van der Waals surface area (Å²) in [6.07, 6.45) is 0.828. The number of carbonyl (C=O) groups is 1. The van der Waals surface area contributed by atoms with Gasteiger partial charge in [0.2, 0.25) is 9.84 Å². The van der Waals surface area contributed by atoms with Crippen molar-refractivity contribution in [2.75, 3.05) is 24.2 Å². The first-order valence-electron chi connectivity index (χ1n) is 9.70. The summed E-state index contributed by atoms with van der Waals surface area (Å²) in [7, 11) is -2.08. The molecular weight excluding hydrogens is 398 g/mol. The Kier molecular flexibility index (Phi) is 5.22. The van der Waals surface area contributed by atoms with Crippen LogP contribution in [0.4, 0.5) is 16.2 Å². The predicted octanol–water partition coefficient (Wildman–Crippen LogP) is 4.21. The minimum absolute atomic E-state index is 0.265. The minimum Gasteiger partial charge on any atom is -0.384 e. The maximum atomic E-state index is 13.3. The highest BCUT2D eigenvalue weighted by Crippen LogP contribution is 2.32. The summed E-state index contributed by atoms with van der Waals surface area (Å²) in [4.78, 5) is 12.0. The number of hydrogen-bond acceptors (Lipinski definition) is 4. The van der Waals surface area contributed by atoms with Crippen molar-refractivity contribution in [3.8, 4) is 11.1 Å². The third-order valence-corrected chi connectivity index (χ3v) is 7.05. The molecule has 0 aliphatic carbocycles. The van der Waals surface area contributed by atoms with Gasteiger partial charge in [-0.2, -0.15) is 0 Å². The molecule has 3 aromatic rings. The molecule has 7 heteroatoms. The molecule has 6 nitrogen and oxygen atoms in total. The summed E-state index contributed by atoms with van der Waals surface area (Å²) < 4.78 is 26.5. The van der Waals surface area contributed by atoms with Crippen molar-refractivity contribution < 1.29 is 13.2 Å². The number of urea groups is 1. The van der Waals surface area contributed by atoms with E-state index in [1.807, 2.05) is 31.2 Å². The first kappa shape index (κ1) is 20.0. The lowest BCUT2D eigenvalue weighted by molar-refractivity contribution is 0.254. The largest absolute Gasteiger partial charge is 0.384 e. The van der Waals surface area contributed by atoms with Gasteiger partial charge in [-0.25, -0.2) is 13.2 Å². The van der Waals surface area contributed by atoms with Crippen LogP contribution in [-0.4, -0.2) is 28.0 Å². The van der Waals surface area contributed by atoms with Gasteiger partial charge in [0.05, 0.1) is 9.79 Å². The minimum atomic E-state index is -3.63. The topological polar surface area (TPSA) is 87.3 Å². The monoisotopic (exact) mass is 421 g/mol. The van der Waals surface area contributed by atoms with E-state index in [1.54, 1.807) is 43.4 Å². The first-order valence-corrected chi connectivity index (χ1v) is 11.2. The van der Waals surface area contributed by atoms with Crippen molar-refractivity contribution in [2.24, 2.45) is 0 Å². The van der Waals surface area contributed by atoms with E-state index in [1.165, 1.54) is 0 Å². The summed E-state index contributed by atoms with van der Waals surface area (Å²) in [5.41, 5.74) is 5.38. The molecule has 2 amide bonds. The highest BCUT2D eigenvalue weighted by molar-refractivity contribution is 7.91. The third kappa shape index (κ3) is 3.76. The Balaban J connectivity index is 1.68. The molecule has 4 rings (SSSR count). The Morgan fingerprint density at radius 1 is 0.967 bits per heavy atom. The normalized spacial score (nSPS) is 12.7. The van der Waals surface area contributed by atoms with Crippen LogP contribution in [0, 0.1) is 6.92 Å². The van der Waals surface area contributed by atoms with Crippen molar-refractivity contribution in [1.29, 1.82) is 0 Å². The Hall–Kier alpha value is -3.32. The highest BCUT2D eigenvalue weighted by Gasteiger charge is 2.21. The van der Waals surface area contributed by atoms with Crippen LogP contribution in [-0.2, 0) is 16.3 Å². The van der Waals surface area contributed by atoms with Gasteiger partial charge < -0.3 is 16.0 Å². The molecule has 30 heavy (non-hydrogen) atoms. The fraction of sp³-hybridized carbons (Fsp3) is 0.174. The van der Waals surface area contributed by atoms with Gasteiger partial charge in [0, 0.05) is 25.0 Å². The summed E-state index contributed by atoms with van der Waals surface area (Å²) in [6.45, 7) is 2.78. The lowest BCUT2D eigenvalue weighted by Gasteiger charge is -2.12. The smallest absolute Gasteiger partial charge is 0.318 e. The molecule has 0 fully saturated rings. The van der Waals surface area contributed by atoms with Crippen LogP contribution < -0.4 is 16.0 Å². The molecule has 3 N–H and O–H groups in total. The van der Waals surface area contributed by atoms with E-state index < -0.39 is 9.84 Å². The first-order chi connectivity index (χ1) is 14.4. The Bertz CT molecular complexity index is 1220. The maximum absolute atomic E-state index is 13.3. The number of carbonyl (C=O) groups excluding carboxylic acids is 1. The van der Waals surface area contributed by atoms with Gasteiger partial charge in [-0.15, -0.1) is 0 Å². The van der Waals surface area contributed by atoms with E-state index in [4.69, 9.17) is 0 Å². The second kappa shape index (κ2) is 7.84. The van der Waals surface area contributed by atoms with Crippen LogP contribution in [0.1, 0.15) is 11.1 Å². The van der Waals surface area contributed by atoms with E-state index in [-0.39, 0.29) is 10.9 Å². The average molecular weight is 422 g/mol. The molecule has 0 radical (unpaired) electrons. The average Bonchev–Trinajstić information content (AvgIpc) is 3.22. The Morgan fingerprint density at radius 3 is 2.40 bits per heavy atom. The quantitative estimate of drug-likeness (QED) is 0.589. The summed E-state index contributed by atoms with van der Waals surface area (Å²) in [5.74, 6) is 0. The van der Waals surface area contributed by atoms with Crippen molar-refractivity contribution in [1.82, 2.24) is 5.32 Å². The van der Waals surface area contributed by atoms with Gasteiger partial charge in [0.15, 0.2) is 0 Å². The SMILES string of the molecule is CNC(=O)Nc1ccc(-c2cc(S(=O)(=O)c3ccc4c(c3)CCN4)ccc2C)cc1. The van der Waals surface area contributed by atoms with Gasteiger partial charge >= 0.3 is 6.03 Å². The number of amides is 2. The molecule has 0 unspecified atom stereocenters. The number of sulfone groups is 1. The molecular formula is C23H23N3O3S. The van der Waals surface area contributed by atoms with Crippen LogP contribution in [0.2, 0.25) is 0 Å². The van der Waals surface area contributed by atoms with Crippen molar-refractivity contribution in [2.45, 2.75) is 23.1 Å². The van der Waals surface area contributed by atoms with E-state index in [0.717, 1.165) is 40.9 Å². The van der Waals surface area contributed by atoms with Gasteiger partial charge in [-0.1, -0.05) is 18.2 Å².